The van der Waals surface area contributed by atoms with E-state index in [0.29, 0.717) is 40.6 Å². The van der Waals surface area contributed by atoms with E-state index in [1.165, 1.54) is 63.4 Å². The second-order valence-electron chi connectivity index (χ2n) is 14.6. The molecule has 5 rings (SSSR count). The lowest BCUT2D eigenvalue weighted by Crippen LogP contribution is -2.66. The zero-order valence-electron chi connectivity index (χ0n) is 21.8. The van der Waals surface area contributed by atoms with E-state index in [-0.39, 0.29) is 16.9 Å². The number of aliphatic hydroxyl groups is 2. The zero-order chi connectivity index (χ0) is 23.3. The Bertz CT molecular complexity index is 786. The first-order chi connectivity index (χ1) is 14.9. The molecule has 0 unspecified atom stereocenters. The molecule has 0 heterocycles. The summed E-state index contributed by atoms with van der Waals surface area (Å²) in [5.41, 5.74) is 2.60. The first-order valence-corrected chi connectivity index (χ1v) is 13.8. The van der Waals surface area contributed by atoms with Crippen molar-refractivity contribution >= 4 is 0 Å². The summed E-state index contributed by atoms with van der Waals surface area (Å²) in [5.74, 6) is 3.33. The molecule has 0 radical (unpaired) electrons. The van der Waals surface area contributed by atoms with Gasteiger partial charge in [0.25, 0.3) is 0 Å². The summed E-state index contributed by atoms with van der Waals surface area (Å²) in [5, 5.41) is 21.5. The number of fused-ring (bicyclic) bond motifs is 7. The number of hydrogen-bond donors (Lipinski definition) is 2. The first-order valence-electron chi connectivity index (χ1n) is 13.8. The fraction of sp³-hybridized carbons (Fsp3) is 0.933. The van der Waals surface area contributed by atoms with Gasteiger partial charge in [-0.3, -0.25) is 0 Å². The molecule has 5 saturated carbocycles. The van der Waals surface area contributed by atoms with Gasteiger partial charge in [-0.25, -0.2) is 0 Å². The number of hydrogen-bond acceptors (Lipinski definition) is 2. The Balaban J connectivity index is 1.55. The second kappa shape index (κ2) is 7.09. The van der Waals surface area contributed by atoms with Crippen LogP contribution >= 0.6 is 0 Å². The Morgan fingerprint density at radius 2 is 1.53 bits per heavy atom. The molecule has 0 aromatic rings. The minimum absolute atomic E-state index is 0.0290. The third-order valence-electron chi connectivity index (χ3n) is 13.5. The average Bonchev–Trinajstić information content (AvgIpc) is 3.12. The van der Waals surface area contributed by atoms with Gasteiger partial charge in [-0.05, 0) is 128 Å². The highest BCUT2D eigenvalue weighted by atomic mass is 16.3. The molecule has 2 N–H and O–H groups in total. The Hall–Kier alpha value is -0.340. The monoisotopic (exact) mass is 442 g/mol. The van der Waals surface area contributed by atoms with Crippen molar-refractivity contribution in [2.24, 2.45) is 56.7 Å². The Morgan fingerprint density at radius 1 is 0.812 bits per heavy atom. The smallest absolute Gasteiger partial charge is 0.0594 e. The van der Waals surface area contributed by atoms with Crippen molar-refractivity contribution in [1.29, 1.82) is 0 Å². The van der Waals surface area contributed by atoms with Crippen LogP contribution in [-0.4, -0.2) is 22.9 Å². The van der Waals surface area contributed by atoms with Gasteiger partial charge in [0.2, 0.25) is 0 Å². The molecular weight excluding hydrogens is 392 g/mol. The highest BCUT2D eigenvalue weighted by Crippen LogP contribution is 2.77. The molecule has 5 aliphatic carbocycles. The lowest BCUT2D eigenvalue weighted by Gasteiger charge is -2.73. The van der Waals surface area contributed by atoms with Gasteiger partial charge in [-0.1, -0.05) is 46.8 Å². The summed E-state index contributed by atoms with van der Waals surface area (Å²) in [4.78, 5) is 0. The largest absolute Gasteiger partial charge is 0.396 e. The van der Waals surface area contributed by atoms with Crippen LogP contribution in [0, 0.1) is 56.7 Å². The van der Waals surface area contributed by atoms with Crippen LogP contribution in [-0.2, 0) is 0 Å². The van der Waals surface area contributed by atoms with Crippen LogP contribution in [0.25, 0.3) is 0 Å². The third kappa shape index (κ3) is 2.66. The van der Waals surface area contributed by atoms with E-state index in [1.807, 2.05) is 0 Å². The summed E-state index contributed by atoms with van der Waals surface area (Å²) in [6.45, 7) is 19.7. The van der Waals surface area contributed by atoms with E-state index in [1.54, 1.807) is 0 Å². The van der Waals surface area contributed by atoms with Crippen molar-refractivity contribution in [2.45, 2.75) is 112 Å². The predicted octanol–water partition coefficient (Wildman–Crippen LogP) is 7.00. The number of rotatable bonds is 2. The molecule has 2 heteroatoms. The minimum atomic E-state index is -0.147. The molecule has 0 amide bonds. The van der Waals surface area contributed by atoms with Crippen molar-refractivity contribution in [3.8, 4) is 0 Å². The van der Waals surface area contributed by atoms with Gasteiger partial charge in [-0.2, -0.15) is 0 Å². The highest BCUT2D eigenvalue weighted by molar-refractivity contribution is 5.21. The molecule has 0 spiro atoms. The van der Waals surface area contributed by atoms with Gasteiger partial charge in [0, 0.05) is 6.61 Å². The molecule has 0 aliphatic heterocycles. The van der Waals surface area contributed by atoms with Crippen LogP contribution in [0.3, 0.4) is 0 Å². The molecule has 0 saturated heterocycles. The summed E-state index contributed by atoms with van der Waals surface area (Å²) >= 11 is 0. The van der Waals surface area contributed by atoms with Crippen molar-refractivity contribution < 1.29 is 10.2 Å². The second-order valence-corrected chi connectivity index (χ2v) is 14.6. The molecular formula is C30H50O2. The third-order valence-corrected chi connectivity index (χ3v) is 13.5. The Morgan fingerprint density at radius 3 is 2.19 bits per heavy atom. The van der Waals surface area contributed by atoms with E-state index in [9.17, 15) is 10.2 Å². The van der Waals surface area contributed by atoms with E-state index < -0.39 is 0 Å². The van der Waals surface area contributed by atoms with Crippen LogP contribution in [0.2, 0.25) is 0 Å². The molecule has 0 bridgehead atoms. The minimum Gasteiger partial charge on any atom is -0.396 e. The Labute approximate surface area is 197 Å². The van der Waals surface area contributed by atoms with E-state index >= 15 is 0 Å². The topological polar surface area (TPSA) is 40.5 Å². The number of allylic oxidation sites excluding steroid dienone is 1. The molecule has 5 aliphatic rings. The van der Waals surface area contributed by atoms with Gasteiger partial charge >= 0.3 is 0 Å². The number of aliphatic hydroxyl groups excluding tert-OH is 2. The van der Waals surface area contributed by atoms with Gasteiger partial charge in [0.1, 0.15) is 0 Å². The highest BCUT2D eigenvalue weighted by Gasteiger charge is 2.70. The summed E-state index contributed by atoms with van der Waals surface area (Å²) in [7, 11) is 0. The van der Waals surface area contributed by atoms with Gasteiger partial charge < -0.3 is 10.2 Å². The maximum atomic E-state index is 10.9. The van der Waals surface area contributed by atoms with Crippen LogP contribution in [0.5, 0.6) is 0 Å². The van der Waals surface area contributed by atoms with Crippen molar-refractivity contribution in [1.82, 2.24) is 0 Å². The summed E-state index contributed by atoms with van der Waals surface area (Å²) in [6, 6.07) is 0. The quantitative estimate of drug-likeness (QED) is 0.452. The maximum Gasteiger partial charge on any atom is 0.0594 e. The van der Waals surface area contributed by atoms with Gasteiger partial charge in [-0.15, -0.1) is 0 Å². The van der Waals surface area contributed by atoms with E-state index in [4.69, 9.17) is 0 Å². The summed E-state index contributed by atoms with van der Waals surface area (Å²) in [6.07, 6.45) is 12.2. The molecule has 0 aromatic heterocycles. The van der Waals surface area contributed by atoms with Crippen molar-refractivity contribution in [2.75, 3.05) is 6.61 Å². The molecule has 32 heavy (non-hydrogen) atoms. The zero-order valence-corrected chi connectivity index (χ0v) is 21.8. The Kier molecular flexibility index (Phi) is 5.19. The van der Waals surface area contributed by atoms with Crippen molar-refractivity contribution in [3.05, 3.63) is 12.2 Å². The molecule has 182 valence electrons. The summed E-state index contributed by atoms with van der Waals surface area (Å²) < 4.78 is 0. The van der Waals surface area contributed by atoms with Gasteiger partial charge in [0.15, 0.2) is 0 Å². The van der Waals surface area contributed by atoms with Crippen molar-refractivity contribution in [3.63, 3.8) is 0 Å². The fourth-order valence-corrected chi connectivity index (χ4v) is 11.5. The first kappa shape index (κ1) is 23.4. The molecule has 5 fully saturated rings. The maximum absolute atomic E-state index is 10.9. The molecule has 0 aromatic carbocycles. The SMILES string of the molecule is C=C(C)[C@@H]1CC[C@@]2(CO)CC[C@]3(C)[C@H](CC[C@@H]4[C@@]5(C)CC[C@@H](O)C(C)(C)[C@@H]5CC[C@]43C)[C@@H]12. The van der Waals surface area contributed by atoms with E-state index in [0.717, 1.165) is 18.3 Å². The van der Waals surface area contributed by atoms with Crippen LogP contribution in [0.15, 0.2) is 12.2 Å². The van der Waals surface area contributed by atoms with Crippen LogP contribution in [0.4, 0.5) is 0 Å². The molecule has 10 atom stereocenters. The normalized spacial score (nSPS) is 56.5. The average molecular weight is 443 g/mol. The van der Waals surface area contributed by atoms with E-state index in [2.05, 4.69) is 48.1 Å². The van der Waals surface area contributed by atoms with Crippen LogP contribution in [0.1, 0.15) is 106 Å². The standard InChI is InChI=1S/C30H50O2/c1-19(2)20-10-15-30(18-31)17-16-28(6)21(25(20)30)8-9-23-27(5)13-12-24(32)26(3,4)22(27)11-14-29(23,28)7/h20-25,31-32H,1,8-18H2,2-7H3/t20-,21+,22-,23+,24+,25+,27-,28+,29+,30-/m0/s1. The fourth-order valence-electron chi connectivity index (χ4n) is 11.5. The van der Waals surface area contributed by atoms with Gasteiger partial charge in [0.05, 0.1) is 6.10 Å². The lowest BCUT2D eigenvalue weighted by molar-refractivity contribution is -0.249. The predicted molar refractivity (Wildman–Crippen MR) is 132 cm³/mol. The molecule has 2 nitrogen and oxygen atoms in total. The lowest BCUT2D eigenvalue weighted by atomic mass is 9.32. The van der Waals surface area contributed by atoms with Crippen LogP contribution < -0.4 is 0 Å².